The molecule has 0 saturated carbocycles. The molecule has 0 heteroatoms. The molecule has 0 aliphatic carbocycles. The second kappa shape index (κ2) is 4.13. The molecule has 0 aliphatic heterocycles. The van der Waals surface area contributed by atoms with Gasteiger partial charge in [-0.15, -0.1) is 0 Å². The number of rotatable bonds is 1. The first-order valence-corrected chi connectivity index (χ1v) is 5.59. The van der Waals surface area contributed by atoms with E-state index < -0.39 is 0 Å². The number of aryl methyl sites for hydroxylation is 3. The van der Waals surface area contributed by atoms with E-state index in [-0.39, 0.29) is 0 Å². The van der Waals surface area contributed by atoms with E-state index in [1.165, 1.54) is 27.8 Å². The van der Waals surface area contributed by atoms with Crippen LogP contribution in [-0.2, 0) is 0 Å². The zero-order valence-corrected chi connectivity index (χ0v) is 10.2. The van der Waals surface area contributed by atoms with Crippen molar-refractivity contribution >= 4 is 0 Å². The van der Waals surface area contributed by atoms with Gasteiger partial charge in [0.1, 0.15) is 0 Å². The maximum atomic E-state index is 4.09. The molecule has 0 atom stereocenters. The fraction of sp³-hybridized carbons (Fsp3) is 0.188. The van der Waals surface area contributed by atoms with Crippen LogP contribution in [0.3, 0.4) is 0 Å². The van der Waals surface area contributed by atoms with Gasteiger partial charge in [-0.25, -0.2) is 0 Å². The minimum absolute atomic E-state index is 1.09. The van der Waals surface area contributed by atoms with Gasteiger partial charge in [-0.3, -0.25) is 0 Å². The molecule has 1 radical (unpaired) electrons. The number of hydrogen-bond donors (Lipinski definition) is 0. The van der Waals surface area contributed by atoms with Crippen LogP contribution >= 0.6 is 0 Å². The number of benzene rings is 2. The molecule has 2 aromatic rings. The largest absolute Gasteiger partial charge is 0.0620 e. The molecule has 0 heterocycles. The lowest BCUT2D eigenvalue weighted by Crippen LogP contribution is -1.90. The van der Waals surface area contributed by atoms with Crippen LogP contribution < -0.4 is 0 Å². The first-order valence-electron chi connectivity index (χ1n) is 5.59. The highest BCUT2D eigenvalue weighted by Gasteiger charge is 2.06. The molecular weight excluding hydrogens is 192 g/mol. The molecule has 0 nitrogen and oxygen atoms in total. The summed E-state index contributed by atoms with van der Waals surface area (Å²) >= 11 is 0. The molecule has 0 aliphatic rings. The van der Waals surface area contributed by atoms with Crippen molar-refractivity contribution in [2.75, 3.05) is 0 Å². The van der Waals surface area contributed by atoms with E-state index in [4.69, 9.17) is 0 Å². The molecule has 0 unspecified atom stereocenters. The summed E-state index contributed by atoms with van der Waals surface area (Å²) in [5, 5.41) is 0. The van der Waals surface area contributed by atoms with Crippen molar-refractivity contribution in [3.63, 3.8) is 0 Å². The Kier molecular flexibility index (Phi) is 2.82. The van der Waals surface area contributed by atoms with E-state index in [2.05, 4.69) is 58.0 Å². The monoisotopic (exact) mass is 209 g/mol. The van der Waals surface area contributed by atoms with Gasteiger partial charge in [0.25, 0.3) is 0 Å². The molecule has 0 spiro atoms. The van der Waals surface area contributed by atoms with Crippen molar-refractivity contribution in [1.82, 2.24) is 0 Å². The van der Waals surface area contributed by atoms with Gasteiger partial charge in [-0.05, 0) is 61.1 Å². The van der Waals surface area contributed by atoms with E-state index in [9.17, 15) is 0 Å². The molecule has 0 amide bonds. The molecule has 0 bridgehead atoms. The third-order valence-electron chi connectivity index (χ3n) is 3.15. The Morgan fingerprint density at radius 1 is 0.750 bits per heavy atom. The molecule has 0 saturated heterocycles. The van der Waals surface area contributed by atoms with Crippen molar-refractivity contribution in [2.24, 2.45) is 0 Å². The minimum atomic E-state index is 1.09. The normalized spacial score (nSPS) is 10.5. The predicted molar refractivity (Wildman–Crippen MR) is 70.5 cm³/mol. The lowest BCUT2D eigenvalue weighted by atomic mass is 9.93. The highest BCUT2D eigenvalue weighted by Crippen LogP contribution is 2.28. The SMILES string of the molecule is [CH2]c1ccccc1-c1cc(C)c(C)cc1C. The molecular formula is C16H17. The first-order chi connectivity index (χ1) is 7.59. The Morgan fingerprint density at radius 3 is 2.06 bits per heavy atom. The van der Waals surface area contributed by atoms with Crippen LogP contribution in [0, 0.1) is 27.7 Å². The van der Waals surface area contributed by atoms with Crippen LogP contribution in [0.4, 0.5) is 0 Å². The zero-order valence-electron chi connectivity index (χ0n) is 10.2. The maximum Gasteiger partial charge on any atom is -0.0149 e. The Balaban J connectivity index is 2.65. The van der Waals surface area contributed by atoms with Crippen molar-refractivity contribution < 1.29 is 0 Å². The Hall–Kier alpha value is -1.56. The third kappa shape index (κ3) is 1.88. The summed E-state index contributed by atoms with van der Waals surface area (Å²) in [4.78, 5) is 0. The standard InChI is InChI=1S/C16H17/c1-11-7-5-6-8-15(11)16-10-13(3)12(2)9-14(16)4/h5-10H,1H2,2-4H3. The van der Waals surface area contributed by atoms with Crippen LogP contribution in [-0.4, -0.2) is 0 Å². The molecule has 16 heavy (non-hydrogen) atoms. The summed E-state index contributed by atoms with van der Waals surface area (Å²) in [6.07, 6.45) is 0. The van der Waals surface area contributed by atoms with E-state index >= 15 is 0 Å². The van der Waals surface area contributed by atoms with Gasteiger partial charge in [0, 0.05) is 0 Å². The molecule has 2 aromatic carbocycles. The summed E-state index contributed by atoms with van der Waals surface area (Å²) in [5.41, 5.74) is 7.64. The van der Waals surface area contributed by atoms with Crippen molar-refractivity contribution in [1.29, 1.82) is 0 Å². The zero-order chi connectivity index (χ0) is 11.7. The molecule has 81 valence electrons. The van der Waals surface area contributed by atoms with Gasteiger partial charge in [0.15, 0.2) is 0 Å². The topological polar surface area (TPSA) is 0 Å². The number of hydrogen-bond acceptors (Lipinski definition) is 0. The molecule has 0 aromatic heterocycles. The van der Waals surface area contributed by atoms with E-state index in [1.807, 2.05) is 6.07 Å². The van der Waals surface area contributed by atoms with Crippen LogP contribution in [0.25, 0.3) is 11.1 Å². The Bertz CT molecular complexity index is 522. The summed E-state index contributed by atoms with van der Waals surface area (Å²) in [7, 11) is 0. The van der Waals surface area contributed by atoms with Gasteiger partial charge in [0.2, 0.25) is 0 Å². The van der Waals surface area contributed by atoms with Crippen molar-refractivity contribution in [2.45, 2.75) is 20.8 Å². The third-order valence-corrected chi connectivity index (χ3v) is 3.15. The van der Waals surface area contributed by atoms with Gasteiger partial charge in [0.05, 0.1) is 0 Å². The summed E-state index contributed by atoms with van der Waals surface area (Å²) in [5.74, 6) is 0. The van der Waals surface area contributed by atoms with Crippen LogP contribution in [0.15, 0.2) is 36.4 Å². The van der Waals surface area contributed by atoms with Gasteiger partial charge in [-0.1, -0.05) is 36.4 Å². The van der Waals surface area contributed by atoms with Gasteiger partial charge in [-0.2, -0.15) is 0 Å². The van der Waals surface area contributed by atoms with Crippen molar-refractivity contribution in [3.8, 4) is 11.1 Å². The highest BCUT2D eigenvalue weighted by molar-refractivity contribution is 5.72. The lowest BCUT2D eigenvalue weighted by molar-refractivity contribution is 1.30. The predicted octanol–water partition coefficient (Wildman–Crippen LogP) is 4.46. The van der Waals surface area contributed by atoms with Crippen LogP contribution in [0.2, 0.25) is 0 Å². The fourth-order valence-electron chi connectivity index (χ4n) is 2.03. The minimum Gasteiger partial charge on any atom is -0.0620 e. The van der Waals surface area contributed by atoms with Gasteiger partial charge < -0.3 is 0 Å². The molecule has 0 fully saturated rings. The van der Waals surface area contributed by atoms with E-state index in [1.54, 1.807) is 0 Å². The van der Waals surface area contributed by atoms with Gasteiger partial charge >= 0.3 is 0 Å². The van der Waals surface area contributed by atoms with Crippen LogP contribution in [0.5, 0.6) is 0 Å². The Labute approximate surface area is 97.9 Å². The Morgan fingerprint density at radius 2 is 1.38 bits per heavy atom. The maximum absolute atomic E-state index is 4.09. The summed E-state index contributed by atoms with van der Waals surface area (Å²) < 4.78 is 0. The first kappa shape index (κ1) is 10.9. The highest BCUT2D eigenvalue weighted by atomic mass is 14.1. The van der Waals surface area contributed by atoms with E-state index in [0.29, 0.717) is 0 Å². The van der Waals surface area contributed by atoms with Crippen LogP contribution in [0.1, 0.15) is 22.3 Å². The summed E-state index contributed by atoms with van der Waals surface area (Å²) in [6.45, 7) is 10.6. The lowest BCUT2D eigenvalue weighted by Gasteiger charge is -2.12. The average Bonchev–Trinajstić information content (AvgIpc) is 2.25. The molecule has 0 N–H and O–H groups in total. The second-order valence-electron chi connectivity index (χ2n) is 4.41. The quantitative estimate of drug-likeness (QED) is 0.650. The fourth-order valence-corrected chi connectivity index (χ4v) is 2.03. The average molecular weight is 209 g/mol. The van der Waals surface area contributed by atoms with Crippen molar-refractivity contribution in [3.05, 3.63) is 65.6 Å². The second-order valence-corrected chi connectivity index (χ2v) is 4.41. The summed E-state index contributed by atoms with van der Waals surface area (Å²) in [6, 6.07) is 12.8. The van der Waals surface area contributed by atoms with E-state index in [0.717, 1.165) is 5.56 Å². The smallest absolute Gasteiger partial charge is 0.0149 e. The molecule has 2 rings (SSSR count).